The van der Waals surface area contributed by atoms with E-state index in [9.17, 15) is 5.11 Å². The van der Waals surface area contributed by atoms with Crippen LogP contribution in [-0.2, 0) is 0 Å². The molecule has 0 aliphatic rings. The lowest BCUT2D eigenvalue weighted by atomic mass is 10.1. The Hall–Kier alpha value is -0.860. The molecule has 0 bridgehead atoms. The van der Waals surface area contributed by atoms with Gasteiger partial charge in [-0.2, -0.15) is 0 Å². The van der Waals surface area contributed by atoms with Gasteiger partial charge in [0.25, 0.3) is 0 Å². The zero-order chi connectivity index (χ0) is 11.3. The first-order chi connectivity index (χ1) is 7.13. The Labute approximate surface area is 92.5 Å². The lowest BCUT2D eigenvalue weighted by Crippen LogP contribution is -2.25. The summed E-state index contributed by atoms with van der Waals surface area (Å²) in [4.78, 5) is 2.16. The Morgan fingerprint density at radius 2 is 1.87 bits per heavy atom. The van der Waals surface area contributed by atoms with Crippen LogP contribution < -0.4 is 0 Å². The monoisotopic (exact) mass is 207 g/mol. The van der Waals surface area contributed by atoms with Crippen LogP contribution in [0.5, 0.6) is 0 Å². The zero-order valence-electron chi connectivity index (χ0n) is 9.90. The minimum Gasteiger partial charge on any atom is -0.387 e. The number of hydrogen-bond acceptors (Lipinski definition) is 2. The minimum absolute atomic E-state index is 0.373. The second kappa shape index (κ2) is 5.89. The molecule has 0 aliphatic heterocycles. The third-order valence-corrected chi connectivity index (χ3v) is 2.55. The van der Waals surface area contributed by atoms with Gasteiger partial charge in [0.2, 0.25) is 0 Å². The quantitative estimate of drug-likeness (QED) is 0.801. The third kappa shape index (κ3) is 4.02. The second-order valence-corrected chi connectivity index (χ2v) is 4.19. The summed E-state index contributed by atoms with van der Waals surface area (Å²) in [6.07, 6.45) is 0.749. The van der Waals surface area contributed by atoms with E-state index in [1.807, 2.05) is 31.3 Å². The van der Waals surface area contributed by atoms with Gasteiger partial charge in [-0.15, -0.1) is 0 Å². The van der Waals surface area contributed by atoms with Gasteiger partial charge in [-0.1, -0.05) is 36.8 Å². The Balaban J connectivity index is 2.53. The normalized spacial score (nSPS) is 13.1. The molecular weight excluding hydrogens is 186 g/mol. The van der Waals surface area contributed by atoms with Crippen LogP contribution in [-0.4, -0.2) is 30.1 Å². The molecule has 2 heteroatoms. The van der Waals surface area contributed by atoms with Crippen molar-refractivity contribution in [3.8, 4) is 0 Å². The molecule has 1 atom stereocenters. The fourth-order valence-electron chi connectivity index (χ4n) is 1.66. The molecule has 15 heavy (non-hydrogen) atoms. The van der Waals surface area contributed by atoms with Crippen LogP contribution in [0.25, 0.3) is 0 Å². The van der Waals surface area contributed by atoms with Crippen molar-refractivity contribution >= 4 is 0 Å². The molecule has 1 rings (SSSR count). The topological polar surface area (TPSA) is 23.5 Å². The molecule has 0 aliphatic carbocycles. The lowest BCUT2D eigenvalue weighted by Gasteiger charge is -2.20. The van der Waals surface area contributed by atoms with Crippen molar-refractivity contribution < 1.29 is 5.11 Å². The number of likely N-dealkylation sites (N-methyl/N-ethyl adjacent to an activating group) is 1. The zero-order valence-corrected chi connectivity index (χ0v) is 9.90. The first kappa shape index (κ1) is 12.2. The Morgan fingerprint density at radius 3 is 2.40 bits per heavy atom. The molecular formula is C13H21NO. The van der Waals surface area contributed by atoms with Gasteiger partial charge in [-0.05, 0) is 32.5 Å². The third-order valence-electron chi connectivity index (χ3n) is 2.55. The first-order valence-corrected chi connectivity index (χ1v) is 5.56. The van der Waals surface area contributed by atoms with Gasteiger partial charge in [0.05, 0.1) is 6.10 Å². The first-order valence-electron chi connectivity index (χ1n) is 5.56. The van der Waals surface area contributed by atoms with Crippen LogP contribution in [0.3, 0.4) is 0 Å². The van der Waals surface area contributed by atoms with Gasteiger partial charge < -0.3 is 10.0 Å². The van der Waals surface area contributed by atoms with Gasteiger partial charge in [0, 0.05) is 6.54 Å². The average molecular weight is 207 g/mol. The van der Waals surface area contributed by atoms with Crippen molar-refractivity contribution in [1.82, 2.24) is 4.90 Å². The van der Waals surface area contributed by atoms with Crippen molar-refractivity contribution in [2.24, 2.45) is 0 Å². The number of aryl methyl sites for hydroxylation is 1. The second-order valence-electron chi connectivity index (χ2n) is 4.19. The number of nitrogens with zero attached hydrogens (tertiary/aromatic N) is 1. The summed E-state index contributed by atoms with van der Waals surface area (Å²) in [6.45, 7) is 5.94. The average Bonchev–Trinajstić information content (AvgIpc) is 2.18. The van der Waals surface area contributed by atoms with Gasteiger partial charge in [-0.3, -0.25) is 0 Å². The molecule has 2 nitrogen and oxygen atoms in total. The van der Waals surface area contributed by atoms with Crippen molar-refractivity contribution in [3.63, 3.8) is 0 Å². The molecule has 0 fully saturated rings. The summed E-state index contributed by atoms with van der Waals surface area (Å²) >= 11 is 0. The number of hydrogen-bond donors (Lipinski definition) is 1. The fourth-order valence-corrected chi connectivity index (χ4v) is 1.66. The van der Waals surface area contributed by atoms with Crippen LogP contribution in [0.15, 0.2) is 24.3 Å². The molecule has 1 aromatic rings. The van der Waals surface area contributed by atoms with Crippen LogP contribution in [0.4, 0.5) is 0 Å². The maximum absolute atomic E-state index is 9.97. The summed E-state index contributed by atoms with van der Waals surface area (Å²) in [6, 6.07) is 8.08. The maximum Gasteiger partial charge on any atom is 0.0916 e. The van der Waals surface area contributed by atoms with Crippen molar-refractivity contribution in [2.45, 2.75) is 26.4 Å². The van der Waals surface area contributed by atoms with Crippen LogP contribution in [0.2, 0.25) is 0 Å². The van der Waals surface area contributed by atoms with E-state index in [2.05, 4.69) is 18.7 Å². The summed E-state index contributed by atoms with van der Waals surface area (Å²) in [7, 11) is 2.04. The van der Waals surface area contributed by atoms with Crippen LogP contribution in [0.1, 0.15) is 30.6 Å². The maximum atomic E-state index is 9.97. The molecule has 1 unspecified atom stereocenters. The highest BCUT2D eigenvalue weighted by molar-refractivity contribution is 5.23. The number of aliphatic hydroxyl groups excluding tert-OH is 1. The molecule has 1 N–H and O–H groups in total. The molecule has 0 spiro atoms. The SMILES string of the molecule is CCCN(C)CC(O)c1ccc(C)cc1. The number of rotatable bonds is 5. The highest BCUT2D eigenvalue weighted by Crippen LogP contribution is 2.14. The Morgan fingerprint density at radius 1 is 1.27 bits per heavy atom. The van der Waals surface area contributed by atoms with Crippen molar-refractivity contribution in [3.05, 3.63) is 35.4 Å². The van der Waals surface area contributed by atoms with Gasteiger partial charge in [0.1, 0.15) is 0 Å². The van der Waals surface area contributed by atoms with Gasteiger partial charge >= 0.3 is 0 Å². The number of benzene rings is 1. The van der Waals surface area contributed by atoms with Crippen LogP contribution in [0, 0.1) is 6.92 Å². The molecule has 1 aromatic carbocycles. The molecule has 0 saturated heterocycles. The number of aliphatic hydroxyl groups is 1. The van der Waals surface area contributed by atoms with Gasteiger partial charge in [-0.25, -0.2) is 0 Å². The Kier molecular flexibility index (Phi) is 4.79. The Bertz CT molecular complexity index is 281. The van der Waals surface area contributed by atoms with Crippen LogP contribution >= 0.6 is 0 Å². The molecule has 0 saturated carbocycles. The largest absolute Gasteiger partial charge is 0.387 e. The molecule has 0 aromatic heterocycles. The van der Waals surface area contributed by atoms with E-state index in [0.29, 0.717) is 6.54 Å². The fraction of sp³-hybridized carbons (Fsp3) is 0.538. The van der Waals surface area contributed by atoms with Gasteiger partial charge in [0.15, 0.2) is 0 Å². The lowest BCUT2D eigenvalue weighted by molar-refractivity contribution is 0.127. The van der Waals surface area contributed by atoms with E-state index < -0.39 is 0 Å². The summed E-state index contributed by atoms with van der Waals surface area (Å²) in [5.74, 6) is 0. The molecule has 0 radical (unpaired) electrons. The van der Waals surface area contributed by atoms with E-state index >= 15 is 0 Å². The molecule has 84 valence electrons. The van der Waals surface area contributed by atoms with E-state index in [4.69, 9.17) is 0 Å². The summed E-state index contributed by atoms with van der Waals surface area (Å²) < 4.78 is 0. The molecule has 0 amide bonds. The van der Waals surface area contributed by atoms with Crippen molar-refractivity contribution in [2.75, 3.05) is 20.1 Å². The summed E-state index contributed by atoms with van der Waals surface area (Å²) in [5, 5.41) is 9.97. The highest BCUT2D eigenvalue weighted by atomic mass is 16.3. The summed E-state index contributed by atoms with van der Waals surface area (Å²) in [5.41, 5.74) is 2.23. The van der Waals surface area contributed by atoms with E-state index in [-0.39, 0.29) is 6.10 Å². The van der Waals surface area contributed by atoms with E-state index in [1.54, 1.807) is 0 Å². The van der Waals surface area contributed by atoms with E-state index in [0.717, 1.165) is 18.5 Å². The predicted molar refractivity (Wildman–Crippen MR) is 63.9 cm³/mol. The van der Waals surface area contributed by atoms with E-state index in [1.165, 1.54) is 5.56 Å². The molecule has 0 heterocycles. The smallest absolute Gasteiger partial charge is 0.0916 e. The predicted octanol–water partition coefficient (Wildman–Crippen LogP) is 2.37. The minimum atomic E-state index is -0.373. The highest BCUT2D eigenvalue weighted by Gasteiger charge is 2.09. The standard InChI is InChI=1S/C13H21NO/c1-4-9-14(3)10-13(15)12-7-5-11(2)6-8-12/h5-8,13,15H,4,9-10H2,1-3H3. The van der Waals surface area contributed by atoms with Crippen molar-refractivity contribution in [1.29, 1.82) is 0 Å².